The maximum Gasteiger partial charge on any atom is 0.161 e. The molecule has 0 N–H and O–H groups in total. The third kappa shape index (κ3) is 2.75. The molecule has 3 nitrogen and oxygen atoms in total. The van der Waals surface area contributed by atoms with Crippen molar-refractivity contribution in [3.05, 3.63) is 23.8 Å². The number of rotatable bonds is 6. The SMILES string of the molecule is COc1cc(C=O)ccc1OCCC1CC1. The summed E-state index contributed by atoms with van der Waals surface area (Å²) in [5, 5.41) is 0. The van der Waals surface area contributed by atoms with E-state index in [9.17, 15) is 4.79 Å². The summed E-state index contributed by atoms with van der Waals surface area (Å²) in [4.78, 5) is 10.6. The molecule has 86 valence electrons. The molecule has 2 rings (SSSR count). The molecule has 0 unspecified atom stereocenters. The van der Waals surface area contributed by atoms with Crippen LogP contribution in [0, 0.1) is 5.92 Å². The van der Waals surface area contributed by atoms with E-state index in [1.807, 2.05) is 0 Å². The molecule has 0 atom stereocenters. The van der Waals surface area contributed by atoms with E-state index < -0.39 is 0 Å². The minimum absolute atomic E-state index is 0.603. The van der Waals surface area contributed by atoms with Gasteiger partial charge < -0.3 is 9.47 Å². The number of ether oxygens (including phenoxy) is 2. The Kier molecular flexibility index (Phi) is 3.44. The molecule has 1 fully saturated rings. The molecule has 0 amide bonds. The maximum absolute atomic E-state index is 10.6. The molecule has 1 saturated carbocycles. The lowest BCUT2D eigenvalue weighted by molar-refractivity contribution is 0.112. The van der Waals surface area contributed by atoms with Crippen LogP contribution in [0.2, 0.25) is 0 Å². The smallest absolute Gasteiger partial charge is 0.161 e. The van der Waals surface area contributed by atoms with Crippen molar-refractivity contribution in [2.45, 2.75) is 19.3 Å². The number of hydrogen-bond donors (Lipinski definition) is 0. The van der Waals surface area contributed by atoms with Crippen LogP contribution in [0.25, 0.3) is 0 Å². The van der Waals surface area contributed by atoms with Crippen LogP contribution >= 0.6 is 0 Å². The van der Waals surface area contributed by atoms with Crippen molar-refractivity contribution in [1.82, 2.24) is 0 Å². The van der Waals surface area contributed by atoms with Gasteiger partial charge >= 0.3 is 0 Å². The molecule has 0 bridgehead atoms. The largest absolute Gasteiger partial charge is 0.493 e. The van der Waals surface area contributed by atoms with Crippen molar-refractivity contribution in [1.29, 1.82) is 0 Å². The second-order valence-electron chi connectivity index (χ2n) is 4.11. The second-order valence-corrected chi connectivity index (χ2v) is 4.11. The molecule has 1 aliphatic rings. The summed E-state index contributed by atoms with van der Waals surface area (Å²) in [5.74, 6) is 2.20. The number of benzene rings is 1. The molecule has 3 heteroatoms. The van der Waals surface area contributed by atoms with Crippen molar-refractivity contribution in [2.75, 3.05) is 13.7 Å². The normalized spacial score (nSPS) is 14.6. The standard InChI is InChI=1S/C13H16O3/c1-15-13-8-11(9-14)4-5-12(13)16-7-6-10-2-3-10/h4-5,8-10H,2-3,6-7H2,1H3. The van der Waals surface area contributed by atoms with Crippen molar-refractivity contribution in [3.8, 4) is 11.5 Å². The third-order valence-electron chi connectivity index (χ3n) is 2.80. The monoisotopic (exact) mass is 220 g/mol. The zero-order chi connectivity index (χ0) is 11.4. The Hall–Kier alpha value is -1.51. The first kappa shape index (κ1) is 11.0. The number of carbonyl (C=O) groups is 1. The van der Waals surface area contributed by atoms with Crippen molar-refractivity contribution < 1.29 is 14.3 Å². The molecular weight excluding hydrogens is 204 g/mol. The first-order chi connectivity index (χ1) is 7.83. The van der Waals surface area contributed by atoms with Gasteiger partial charge in [-0.1, -0.05) is 12.8 Å². The van der Waals surface area contributed by atoms with Crippen LogP contribution in [0.15, 0.2) is 18.2 Å². The number of aldehydes is 1. The predicted molar refractivity (Wildman–Crippen MR) is 61.2 cm³/mol. The van der Waals surface area contributed by atoms with Crippen LogP contribution in [-0.2, 0) is 0 Å². The van der Waals surface area contributed by atoms with Gasteiger partial charge in [0.2, 0.25) is 0 Å². The topological polar surface area (TPSA) is 35.5 Å². The molecule has 0 spiro atoms. The quantitative estimate of drug-likeness (QED) is 0.691. The molecule has 0 radical (unpaired) electrons. The van der Waals surface area contributed by atoms with Crippen LogP contribution in [-0.4, -0.2) is 20.0 Å². The van der Waals surface area contributed by atoms with Gasteiger partial charge in [-0.05, 0) is 30.5 Å². The summed E-state index contributed by atoms with van der Waals surface area (Å²) in [6, 6.07) is 5.22. The molecular formula is C13H16O3. The van der Waals surface area contributed by atoms with E-state index in [2.05, 4.69) is 0 Å². The van der Waals surface area contributed by atoms with E-state index in [4.69, 9.17) is 9.47 Å². The Balaban J connectivity index is 1.97. The lowest BCUT2D eigenvalue weighted by Gasteiger charge is -2.10. The summed E-state index contributed by atoms with van der Waals surface area (Å²) in [7, 11) is 1.58. The van der Waals surface area contributed by atoms with E-state index >= 15 is 0 Å². The van der Waals surface area contributed by atoms with Crippen LogP contribution in [0.4, 0.5) is 0 Å². The third-order valence-corrected chi connectivity index (χ3v) is 2.80. The summed E-state index contributed by atoms with van der Waals surface area (Å²) in [5.41, 5.74) is 0.603. The fraction of sp³-hybridized carbons (Fsp3) is 0.462. The maximum atomic E-state index is 10.6. The lowest BCUT2D eigenvalue weighted by atomic mass is 10.2. The van der Waals surface area contributed by atoms with Crippen LogP contribution < -0.4 is 9.47 Å². The van der Waals surface area contributed by atoms with Gasteiger partial charge in [-0.2, -0.15) is 0 Å². The fourth-order valence-corrected chi connectivity index (χ4v) is 1.62. The average molecular weight is 220 g/mol. The highest BCUT2D eigenvalue weighted by molar-refractivity contribution is 5.76. The molecule has 16 heavy (non-hydrogen) atoms. The Morgan fingerprint density at radius 3 is 2.81 bits per heavy atom. The van der Waals surface area contributed by atoms with Gasteiger partial charge in [-0.15, -0.1) is 0 Å². The van der Waals surface area contributed by atoms with E-state index in [1.165, 1.54) is 12.8 Å². The highest BCUT2D eigenvalue weighted by Crippen LogP contribution is 2.33. The van der Waals surface area contributed by atoms with Gasteiger partial charge in [-0.3, -0.25) is 4.79 Å². The van der Waals surface area contributed by atoms with Crippen LogP contribution in [0.1, 0.15) is 29.6 Å². The van der Waals surface area contributed by atoms with Gasteiger partial charge in [0.25, 0.3) is 0 Å². The Bertz CT molecular complexity index is 369. The lowest BCUT2D eigenvalue weighted by Crippen LogP contribution is -2.00. The molecule has 0 saturated heterocycles. The zero-order valence-corrected chi connectivity index (χ0v) is 9.44. The van der Waals surface area contributed by atoms with Crippen molar-refractivity contribution >= 4 is 6.29 Å². The van der Waals surface area contributed by atoms with E-state index in [1.54, 1.807) is 25.3 Å². The summed E-state index contributed by atoms with van der Waals surface area (Å²) >= 11 is 0. The van der Waals surface area contributed by atoms with Gasteiger partial charge in [-0.25, -0.2) is 0 Å². The number of methoxy groups -OCH3 is 1. The van der Waals surface area contributed by atoms with Gasteiger partial charge in [0.05, 0.1) is 13.7 Å². The van der Waals surface area contributed by atoms with Gasteiger partial charge in [0, 0.05) is 5.56 Å². The Morgan fingerprint density at radius 1 is 1.38 bits per heavy atom. The van der Waals surface area contributed by atoms with E-state index in [0.717, 1.165) is 25.2 Å². The number of carbonyl (C=O) groups excluding carboxylic acids is 1. The highest BCUT2D eigenvalue weighted by atomic mass is 16.5. The zero-order valence-electron chi connectivity index (χ0n) is 9.44. The van der Waals surface area contributed by atoms with E-state index in [0.29, 0.717) is 17.1 Å². The Labute approximate surface area is 95.4 Å². The number of hydrogen-bond acceptors (Lipinski definition) is 3. The average Bonchev–Trinajstić information content (AvgIpc) is 3.13. The first-order valence-corrected chi connectivity index (χ1v) is 5.59. The fourth-order valence-electron chi connectivity index (χ4n) is 1.62. The summed E-state index contributed by atoms with van der Waals surface area (Å²) < 4.78 is 10.8. The van der Waals surface area contributed by atoms with Crippen molar-refractivity contribution in [2.24, 2.45) is 5.92 Å². The first-order valence-electron chi connectivity index (χ1n) is 5.59. The van der Waals surface area contributed by atoms with Crippen LogP contribution in [0.5, 0.6) is 11.5 Å². The molecule has 1 aromatic carbocycles. The van der Waals surface area contributed by atoms with E-state index in [-0.39, 0.29) is 0 Å². The minimum atomic E-state index is 0.603. The van der Waals surface area contributed by atoms with Crippen LogP contribution in [0.3, 0.4) is 0 Å². The Morgan fingerprint density at radius 2 is 2.19 bits per heavy atom. The molecule has 1 aliphatic carbocycles. The summed E-state index contributed by atoms with van der Waals surface area (Å²) in [6.07, 6.45) is 4.59. The molecule has 0 aliphatic heterocycles. The molecule has 0 heterocycles. The van der Waals surface area contributed by atoms with Gasteiger partial charge in [0.1, 0.15) is 6.29 Å². The predicted octanol–water partition coefficient (Wildman–Crippen LogP) is 2.69. The van der Waals surface area contributed by atoms with Crippen molar-refractivity contribution in [3.63, 3.8) is 0 Å². The van der Waals surface area contributed by atoms with Gasteiger partial charge in [0.15, 0.2) is 11.5 Å². The highest BCUT2D eigenvalue weighted by Gasteiger charge is 2.20. The molecule has 1 aromatic rings. The second kappa shape index (κ2) is 5.01. The minimum Gasteiger partial charge on any atom is -0.493 e. The molecule has 0 aromatic heterocycles. The summed E-state index contributed by atoms with van der Waals surface area (Å²) in [6.45, 7) is 0.724.